The molecule has 0 radical (unpaired) electrons. The lowest BCUT2D eigenvalue weighted by atomic mass is 10.0. The van der Waals surface area contributed by atoms with Crippen LogP contribution >= 0.6 is 0 Å². The summed E-state index contributed by atoms with van der Waals surface area (Å²) < 4.78 is 7.44. The van der Waals surface area contributed by atoms with Gasteiger partial charge in [0, 0.05) is 52.9 Å². The smallest absolute Gasteiger partial charge is 0.242 e. The molecule has 9 heteroatoms. The highest BCUT2D eigenvalue weighted by molar-refractivity contribution is 5.94. The molecule has 1 atom stereocenters. The minimum atomic E-state index is -0.390. The van der Waals surface area contributed by atoms with Gasteiger partial charge in [-0.3, -0.25) is 14.2 Å². The third-order valence-electron chi connectivity index (χ3n) is 7.19. The SMILES string of the molecule is CNC(C)C(=O)Nc1ccc(-c2c(-c3ccnc(OC)c3)nc3cc(C)ccn23)c(C#Cc2ccc3cnccc3c2)n1. The molecule has 9 nitrogen and oxygen atoms in total. The first-order chi connectivity index (χ1) is 20.9. The fraction of sp³-hybridized carbons (Fsp3) is 0.147. The van der Waals surface area contributed by atoms with Crippen molar-refractivity contribution in [3.05, 3.63) is 102 Å². The lowest BCUT2D eigenvalue weighted by Gasteiger charge is -2.13. The molecule has 0 bridgehead atoms. The van der Waals surface area contributed by atoms with Gasteiger partial charge in [-0.25, -0.2) is 15.0 Å². The number of aromatic nitrogens is 5. The number of methoxy groups -OCH3 is 1. The highest BCUT2D eigenvalue weighted by atomic mass is 16.5. The molecule has 43 heavy (non-hydrogen) atoms. The summed E-state index contributed by atoms with van der Waals surface area (Å²) in [4.78, 5) is 31.0. The van der Waals surface area contributed by atoms with Crippen molar-refractivity contribution in [2.45, 2.75) is 19.9 Å². The Hall–Kier alpha value is -5.59. The molecule has 6 aromatic rings. The van der Waals surface area contributed by atoms with Crippen molar-refractivity contribution in [1.82, 2.24) is 29.7 Å². The standard InChI is InChI=1S/C34H29N7O2/c1-21-13-16-41-30(17-21)40-32(25-12-15-37-31(19-25)43-4)33(41)27-8-10-29(39-34(42)22(2)35-3)38-28(27)9-6-23-5-7-26-20-36-14-11-24(26)18-23/h5,7-8,10-20,22,35H,1-4H3,(H,38,39,42). The maximum Gasteiger partial charge on any atom is 0.242 e. The van der Waals surface area contributed by atoms with Crippen LogP contribution in [0.5, 0.6) is 5.88 Å². The fourth-order valence-electron chi connectivity index (χ4n) is 4.75. The first-order valence-corrected chi connectivity index (χ1v) is 13.8. The maximum absolute atomic E-state index is 12.7. The number of amides is 1. The van der Waals surface area contributed by atoms with E-state index in [0.717, 1.165) is 50.1 Å². The molecule has 0 saturated heterocycles. The van der Waals surface area contributed by atoms with Crippen LogP contribution in [0.2, 0.25) is 0 Å². The van der Waals surface area contributed by atoms with Crippen molar-refractivity contribution < 1.29 is 9.53 Å². The Morgan fingerprint density at radius 3 is 2.70 bits per heavy atom. The van der Waals surface area contributed by atoms with Crippen molar-refractivity contribution in [3.63, 3.8) is 0 Å². The van der Waals surface area contributed by atoms with Gasteiger partial charge < -0.3 is 15.4 Å². The van der Waals surface area contributed by atoms with Gasteiger partial charge in [-0.15, -0.1) is 0 Å². The van der Waals surface area contributed by atoms with Crippen molar-refractivity contribution in [3.8, 4) is 40.2 Å². The Bertz CT molecular complexity index is 2060. The van der Waals surface area contributed by atoms with Crippen LogP contribution in [0.25, 0.3) is 38.9 Å². The third kappa shape index (κ3) is 5.64. The zero-order chi connectivity index (χ0) is 29.9. The van der Waals surface area contributed by atoms with E-state index >= 15 is 0 Å². The summed E-state index contributed by atoms with van der Waals surface area (Å²) in [6.07, 6.45) is 7.28. The molecule has 0 aliphatic rings. The number of rotatable bonds is 6. The fourth-order valence-corrected chi connectivity index (χ4v) is 4.75. The summed E-state index contributed by atoms with van der Waals surface area (Å²) >= 11 is 0. The number of aryl methyl sites for hydroxylation is 1. The minimum absolute atomic E-state index is 0.195. The lowest BCUT2D eigenvalue weighted by molar-refractivity contribution is -0.117. The summed E-state index contributed by atoms with van der Waals surface area (Å²) in [6, 6.07) is 19.1. The van der Waals surface area contributed by atoms with Gasteiger partial charge in [0.1, 0.15) is 17.2 Å². The number of hydrogen-bond donors (Lipinski definition) is 2. The summed E-state index contributed by atoms with van der Waals surface area (Å²) in [5, 5.41) is 7.93. The minimum Gasteiger partial charge on any atom is -0.481 e. The number of anilines is 1. The highest BCUT2D eigenvalue weighted by Gasteiger charge is 2.21. The number of nitrogens with one attached hydrogen (secondary N) is 2. The highest BCUT2D eigenvalue weighted by Crippen LogP contribution is 2.35. The summed E-state index contributed by atoms with van der Waals surface area (Å²) in [5.41, 5.74) is 6.34. The number of hydrogen-bond acceptors (Lipinski definition) is 7. The number of fused-ring (bicyclic) bond motifs is 2. The molecule has 5 heterocycles. The van der Waals surface area contributed by atoms with E-state index in [1.165, 1.54) is 0 Å². The summed E-state index contributed by atoms with van der Waals surface area (Å²) in [6.45, 7) is 3.82. The monoisotopic (exact) mass is 567 g/mol. The second kappa shape index (κ2) is 11.7. The van der Waals surface area contributed by atoms with E-state index in [-0.39, 0.29) is 5.91 Å². The van der Waals surface area contributed by atoms with E-state index in [4.69, 9.17) is 14.7 Å². The van der Waals surface area contributed by atoms with Crippen LogP contribution in [0, 0.1) is 18.8 Å². The van der Waals surface area contributed by atoms with Crippen LogP contribution in [0.3, 0.4) is 0 Å². The zero-order valence-electron chi connectivity index (χ0n) is 24.2. The topological polar surface area (TPSA) is 106 Å². The number of benzene rings is 1. The largest absolute Gasteiger partial charge is 0.481 e. The van der Waals surface area contributed by atoms with Crippen LogP contribution in [-0.4, -0.2) is 50.4 Å². The molecule has 0 saturated carbocycles. The average molecular weight is 568 g/mol. The number of carbonyl (C=O) groups excluding carboxylic acids is 1. The number of ether oxygens (including phenoxy) is 1. The van der Waals surface area contributed by atoms with Crippen molar-refractivity contribution in [2.75, 3.05) is 19.5 Å². The average Bonchev–Trinajstić information content (AvgIpc) is 3.41. The van der Waals surface area contributed by atoms with Crippen molar-refractivity contribution >= 4 is 28.1 Å². The van der Waals surface area contributed by atoms with E-state index in [9.17, 15) is 4.79 Å². The molecule has 2 N–H and O–H groups in total. The van der Waals surface area contributed by atoms with E-state index in [1.807, 2.05) is 78.3 Å². The molecule has 1 aromatic carbocycles. The number of nitrogens with zero attached hydrogens (tertiary/aromatic N) is 5. The van der Waals surface area contributed by atoms with E-state index in [2.05, 4.69) is 32.4 Å². The molecule has 1 unspecified atom stereocenters. The van der Waals surface area contributed by atoms with Gasteiger partial charge in [0.05, 0.1) is 24.5 Å². The van der Waals surface area contributed by atoms with Gasteiger partial charge in [0.25, 0.3) is 0 Å². The molecular formula is C34H29N7O2. The maximum atomic E-state index is 12.7. The van der Waals surface area contributed by atoms with Crippen LogP contribution in [0.15, 0.2) is 85.5 Å². The van der Waals surface area contributed by atoms with Crippen LogP contribution in [0.1, 0.15) is 23.7 Å². The predicted octanol–water partition coefficient (Wildman–Crippen LogP) is 5.27. The zero-order valence-corrected chi connectivity index (χ0v) is 24.2. The Kier molecular flexibility index (Phi) is 7.52. The van der Waals surface area contributed by atoms with Gasteiger partial charge in [-0.05, 0) is 86.3 Å². The first-order valence-electron chi connectivity index (χ1n) is 13.8. The molecular weight excluding hydrogens is 538 g/mol. The summed E-state index contributed by atoms with van der Waals surface area (Å²) in [5.74, 6) is 7.28. The van der Waals surface area contributed by atoms with Crippen LogP contribution in [0.4, 0.5) is 5.82 Å². The molecule has 6 rings (SSSR count). The van der Waals surface area contributed by atoms with E-state index in [1.54, 1.807) is 39.5 Å². The quantitative estimate of drug-likeness (QED) is 0.264. The van der Waals surface area contributed by atoms with Gasteiger partial charge in [-0.1, -0.05) is 12.0 Å². The van der Waals surface area contributed by atoms with Crippen molar-refractivity contribution in [1.29, 1.82) is 0 Å². The molecule has 0 spiro atoms. The molecule has 5 aromatic heterocycles. The third-order valence-corrected chi connectivity index (χ3v) is 7.19. The molecule has 212 valence electrons. The van der Waals surface area contributed by atoms with Crippen molar-refractivity contribution in [2.24, 2.45) is 0 Å². The summed E-state index contributed by atoms with van der Waals surface area (Å²) in [7, 11) is 3.32. The number of likely N-dealkylation sites (N-methyl/N-ethyl adjacent to an activating group) is 1. The predicted molar refractivity (Wildman–Crippen MR) is 168 cm³/mol. The van der Waals surface area contributed by atoms with Gasteiger partial charge in [-0.2, -0.15) is 0 Å². The first kappa shape index (κ1) is 27.6. The Labute approximate surface area is 249 Å². The second-order valence-electron chi connectivity index (χ2n) is 10.1. The molecule has 1 amide bonds. The van der Waals surface area contributed by atoms with E-state index in [0.29, 0.717) is 17.4 Å². The van der Waals surface area contributed by atoms with E-state index < -0.39 is 6.04 Å². The normalized spacial score (nSPS) is 11.6. The molecule has 0 fully saturated rings. The number of carbonyl (C=O) groups is 1. The Morgan fingerprint density at radius 2 is 1.86 bits per heavy atom. The second-order valence-corrected chi connectivity index (χ2v) is 10.1. The Morgan fingerprint density at radius 1 is 0.977 bits per heavy atom. The Balaban J connectivity index is 1.55. The lowest BCUT2D eigenvalue weighted by Crippen LogP contribution is -2.35. The van der Waals surface area contributed by atoms with Gasteiger partial charge in [0.2, 0.25) is 11.8 Å². The number of pyridine rings is 4. The molecule has 0 aliphatic carbocycles. The number of imidazole rings is 1. The van der Waals surface area contributed by atoms with Crippen LogP contribution < -0.4 is 15.4 Å². The van der Waals surface area contributed by atoms with Gasteiger partial charge in [0.15, 0.2) is 0 Å². The van der Waals surface area contributed by atoms with Crippen LogP contribution in [-0.2, 0) is 4.79 Å². The van der Waals surface area contributed by atoms with Gasteiger partial charge >= 0.3 is 0 Å². The molecule has 0 aliphatic heterocycles.